The summed E-state index contributed by atoms with van der Waals surface area (Å²) in [4.78, 5) is 15.5. The van der Waals surface area contributed by atoms with Crippen LogP contribution in [0.25, 0.3) is 0 Å². The fourth-order valence-corrected chi connectivity index (χ4v) is 2.42. The maximum atomic E-state index is 11.1. The van der Waals surface area contributed by atoms with Gasteiger partial charge in [0.2, 0.25) is 0 Å². The Morgan fingerprint density at radius 1 is 1.38 bits per heavy atom. The second-order valence-electron chi connectivity index (χ2n) is 5.30. The predicted molar refractivity (Wildman–Crippen MR) is 105 cm³/mol. The van der Waals surface area contributed by atoms with Crippen LogP contribution < -0.4 is 15.4 Å². The molecule has 0 aromatic heterocycles. The van der Waals surface area contributed by atoms with Crippen molar-refractivity contribution in [2.45, 2.75) is 26.2 Å². The number of hydrogen-bond acceptors (Lipinski definition) is 4. The predicted octanol–water partition coefficient (Wildman–Crippen LogP) is 1.90. The highest BCUT2D eigenvalue weighted by Crippen LogP contribution is 2.25. The van der Waals surface area contributed by atoms with Crippen molar-refractivity contribution in [3.8, 4) is 5.75 Å². The van der Waals surface area contributed by atoms with Crippen molar-refractivity contribution in [3.05, 3.63) is 29.3 Å². The third kappa shape index (κ3) is 6.54. The van der Waals surface area contributed by atoms with Gasteiger partial charge in [0.1, 0.15) is 5.75 Å². The van der Waals surface area contributed by atoms with E-state index >= 15 is 0 Å². The fraction of sp³-hybridized carbons (Fsp3) is 0.529. The lowest BCUT2D eigenvalue weighted by Crippen LogP contribution is -2.38. The first-order valence-electron chi connectivity index (χ1n) is 8.06. The number of carbonyl (C=O) groups excluding carboxylic acids is 1. The number of nitrogens with one attached hydrogen (secondary N) is 2. The first-order valence-corrected chi connectivity index (χ1v) is 8.06. The summed E-state index contributed by atoms with van der Waals surface area (Å²) >= 11 is 0. The van der Waals surface area contributed by atoms with Crippen molar-refractivity contribution in [3.63, 3.8) is 0 Å². The summed E-state index contributed by atoms with van der Waals surface area (Å²) < 4.78 is 10.1. The lowest BCUT2D eigenvalue weighted by Gasteiger charge is -2.11. The van der Waals surface area contributed by atoms with Gasteiger partial charge in [0.05, 0.1) is 26.7 Å². The summed E-state index contributed by atoms with van der Waals surface area (Å²) in [5.74, 6) is 1.49. The highest BCUT2D eigenvalue weighted by Gasteiger charge is 2.11. The molecule has 0 saturated carbocycles. The zero-order chi connectivity index (χ0) is 16.5. The number of rotatable bonds is 7. The Kier molecular flexibility index (Phi) is 9.51. The summed E-state index contributed by atoms with van der Waals surface area (Å²) in [6.07, 6.45) is 2.20. The van der Waals surface area contributed by atoms with Crippen LogP contribution in [0.4, 0.5) is 0 Å². The normalized spacial score (nSPS) is 12.7. The molecule has 24 heavy (non-hydrogen) atoms. The van der Waals surface area contributed by atoms with Gasteiger partial charge in [-0.05, 0) is 30.5 Å². The highest BCUT2D eigenvalue weighted by atomic mass is 127. The molecule has 0 bridgehead atoms. The lowest BCUT2D eigenvalue weighted by molar-refractivity contribution is -0.140. The highest BCUT2D eigenvalue weighted by molar-refractivity contribution is 14.0. The molecular weight excluding hydrogens is 421 g/mol. The van der Waals surface area contributed by atoms with Crippen molar-refractivity contribution >= 4 is 35.9 Å². The van der Waals surface area contributed by atoms with Crippen molar-refractivity contribution in [2.24, 2.45) is 4.99 Å². The Morgan fingerprint density at radius 3 is 2.96 bits per heavy atom. The van der Waals surface area contributed by atoms with E-state index in [1.54, 1.807) is 0 Å². The van der Waals surface area contributed by atoms with E-state index in [9.17, 15) is 4.79 Å². The number of aliphatic imine (C=N–C) groups is 1. The molecule has 1 aromatic rings. The second kappa shape index (κ2) is 11.1. The molecule has 0 saturated heterocycles. The van der Waals surface area contributed by atoms with Crippen LogP contribution in [-0.2, 0) is 22.4 Å². The molecule has 1 heterocycles. The van der Waals surface area contributed by atoms with Crippen molar-refractivity contribution in [1.82, 2.24) is 10.6 Å². The van der Waals surface area contributed by atoms with Gasteiger partial charge in [-0.3, -0.25) is 9.79 Å². The molecule has 1 aliphatic heterocycles. The van der Waals surface area contributed by atoms with E-state index in [2.05, 4.69) is 32.5 Å². The molecule has 0 atom stereocenters. The standard InChI is InChI=1S/C17H25N3O3.HI/c1-3-18-17(20-10-7-16(21)22-2)19-9-6-13-4-5-15-14(12-13)8-11-23-15;/h4-5,12H,3,6-11H2,1-2H3,(H2,18,19,20);1H. The van der Waals surface area contributed by atoms with Gasteiger partial charge >= 0.3 is 5.97 Å². The number of halogens is 1. The maximum Gasteiger partial charge on any atom is 0.307 e. The first kappa shape index (κ1) is 20.5. The van der Waals surface area contributed by atoms with E-state index in [4.69, 9.17) is 4.74 Å². The molecule has 0 spiro atoms. The van der Waals surface area contributed by atoms with Crippen LogP contribution in [-0.4, -0.2) is 45.3 Å². The van der Waals surface area contributed by atoms with Gasteiger partial charge in [-0.1, -0.05) is 12.1 Å². The molecule has 2 rings (SSSR count). The summed E-state index contributed by atoms with van der Waals surface area (Å²) in [6, 6.07) is 6.37. The number of fused-ring (bicyclic) bond motifs is 1. The minimum absolute atomic E-state index is 0. The van der Waals surface area contributed by atoms with Crippen LogP contribution in [0.3, 0.4) is 0 Å². The minimum atomic E-state index is -0.245. The smallest absolute Gasteiger partial charge is 0.307 e. The van der Waals surface area contributed by atoms with E-state index in [-0.39, 0.29) is 36.4 Å². The summed E-state index contributed by atoms with van der Waals surface area (Å²) in [5.41, 5.74) is 2.58. The van der Waals surface area contributed by atoms with Crippen LogP contribution in [0.1, 0.15) is 24.5 Å². The number of ether oxygens (including phenoxy) is 2. The van der Waals surface area contributed by atoms with Crippen molar-refractivity contribution in [2.75, 3.05) is 33.4 Å². The van der Waals surface area contributed by atoms with Gasteiger partial charge in [-0.2, -0.15) is 0 Å². The van der Waals surface area contributed by atoms with Crippen LogP contribution in [0.2, 0.25) is 0 Å². The monoisotopic (exact) mass is 447 g/mol. The number of hydrogen-bond donors (Lipinski definition) is 2. The third-order valence-corrected chi connectivity index (χ3v) is 3.62. The molecule has 0 radical (unpaired) electrons. The number of guanidine groups is 1. The topological polar surface area (TPSA) is 72.0 Å². The molecule has 7 heteroatoms. The molecule has 0 unspecified atom stereocenters. The lowest BCUT2D eigenvalue weighted by atomic mass is 10.1. The number of esters is 1. The summed E-state index contributed by atoms with van der Waals surface area (Å²) in [5, 5.41) is 6.45. The Bertz CT molecular complexity index is 564. The van der Waals surface area contributed by atoms with Gasteiger partial charge in [-0.25, -0.2) is 0 Å². The summed E-state index contributed by atoms with van der Waals surface area (Å²) in [7, 11) is 1.39. The molecule has 0 aliphatic carbocycles. The van der Waals surface area contributed by atoms with Crippen molar-refractivity contribution in [1.29, 1.82) is 0 Å². The zero-order valence-electron chi connectivity index (χ0n) is 14.3. The third-order valence-electron chi connectivity index (χ3n) is 3.62. The van der Waals surface area contributed by atoms with Crippen LogP contribution in [0, 0.1) is 0 Å². The van der Waals surface area contributed by atoms with Gasteiger partial charge in [-0.15, -0.1) is 24.0 Å². The average molecular weight is 447 g/mol. The quantitative estimate of drug-likeness (QED) is 0.289. The van der Waals surface area contributed by atoms with E-state index in [0.29, 0.717) is 6.54 Å². The number of methoxy groups -OCH3 is 1. The molecule has 1 aliphatic rings. The van der Waals surface area contributed by atoms with E-state index in [1.807, 2.05) is 13.0 Å². The molecule has 1 aromatic carbocycles. The van der Waals surface area contributed by atoms with Gasteiger partial charge in [0.15, 0.2) is 5.96 Å². The zero-order valence-corrected chi connectivity index (χ0v) is 16.6. The number of nitrogens with zero attached hydrogens (tertiary/aromatic N) is 1. The molecular formula is C17H26IN3O3. The van der Waals surface area contributed by atoms with Gasteiger partial charge < -0.3 is 20.1 Å². The largest absolute Gasteiger partial charge is 0.493 e. The molecule has 6 nitrogen and oxygen atoms in total. The Balaban J connectivity index is 0.00000288. The van der Waals surface area contributed by atoms with Gasteiger partial charge in [0.25, 0.3) is 0 Å². The Labute approximate surface area is 160 Å². The molecule has 0 amide bonds. The first-order chi connectivity index (χ1) is 11.2. The van der Waals surface area contributed by atoms with Crippen LogP contribution in [0.5, 0.6) is 5.75 Å². The van der Waals surface area contributed by atoms with E-state index in [0.717, 1.165) is 44.2 Å². The average Bonchev–Trinajstić information content (AvgIpc) is 3.02. The van der Waals surface area contributed by atoms with E-state index < -0.39 is 0 Å². The Morgan fingerprint density at radius 2 is 2.21 bits per heavy atom. The fourth-order valence-electron chi connectivity index (χ4n) is 2.42. The maximum absolute atomic E-state index is 11.1. The summed E-state index contributed by atoms with van der Waals surface area (Å²) in [6.45, 7) is 4.77. The van der Waals surface area contributed by atoms with Crippen LogP contribution >= 0.6 is 24.0 Å². The SMILES string of the molecule is CCNC(=NCCC(=O)OC)NCCc1ccc2c(c1)CCO2.I. The Hall–Kier alpha value is -1.51. The van der Waals surface area contributed by atoms with E-state index in [1.165, 1.54) is 18.2 Å². The molecule has 2 N–H and O–H groups in total. The molecule has 0 fully saturated rings. The van der Waals surface area contributed by atoms with Crippen LogP contribution in [0.15, 0.2) is 23.2 Å². The number of carbonyl (C=O) groups is 1. The molecule has 134 valence electrons. The second-order valence-corrected chi connectivity index (χ2v) is 5.30. The van der Waals surface area contributed by atoms with Gasteiger partial charge in [0, 0.05) is 19.5 Å². The number of benzene rings is 1. The minimum Gasteiger partial charge on any atom is -0.493 e. The van der Waals surface area contributed by atoms with Crippen molar-refractivity contribution < 1.29 is 14.3 Å².